The average molecular weight is 828 g/mol. The minimum absolute atomic E-state index is 0.0318. The molecule has 336 valence electrons. The quantitative estimate of drug-likeness (QED) is 0.0196. The fourth-order valence-electron chi connectivity index (χ4n) is 6.50. The summed E-state index contributed by atoms with van der Waals surface area (Å²) in [7, 11) is 1.16. The van der Waals surface area contributed by atoms with Gasteiger partial charge in [-0.2, -0.15) is 0 Å². The van der Waals surface area contributed by atoms with Crippen LogP contribution in [-0.2, 0) is 32.7 Å². The molecular weight excluding hydrogens is 737 g/mol. The van der Waals surface area contributed by atoms with Gasteiger partial charge in [-0.05, 0) is 38.5 Å². The van der Waals surface area contributed by atoms with Crippen LogP contribution in [0.2, 0.25) is 0 Å². The number of esters is 2. The zero-order valence-corrected chi connectivity index (χ0v) is 38.7. The first-order valence-corrected chi connectivity index (χ1v) is 25.0. The van der Waals surface area contributed by atoms with Crippen molar-refractivity contribution in [1.82, 2.24) is 0 Å². The van der Waals surface area contributed by atoms with Gasteiger partial charge in [0.2, 0.25) is 0 Å². The van der Waals surface area contributed by atoms with Crippen molar-refractivity contribution in [3.05, 3.63) is 24.3 Å². The van der Waals surface area contributed by atoms with E-state index in [2.05, 4.69) is 38.2 Å². The van der Waals surface area contributed by atoms with E-state index in [1.807, 2.05) is 21.1 Å². The SMILES string of the molecule is CCCC/C=C/C/C=C/CCCCCCCC(=O)O[C@@H](COC(=O)CCCCCCCCCCCCCCCCCCCCC)COP(=O)([O-])OCC[N+](C)(C)C. The van der Waals surface area contributed by atoms with E-state index in [1.165, 1.54) is 116 Å². The maximum Gasteiger partial charge on any atom is 0.306 e. The van der Waals surface area contributed by atoms with E-state index in [0.717, 1.165) is 64.2 Å². The summed E-state index contributed by atoms with van der Waals surface area (Å²) >= 11 is 0. The molecule has 0 fully saturated rings. The second-order valence-electron chi connectivity index (χ2n) is 17.1. The van der Waals surface area contributed by atoms with Gasteiger partial charge in [0.1, 0.15) is 19.8 Å². The molecule has 0 aromatic heterocycles. The molecule has 1 unspecified atom stereocenters. The molecule has 0 aliphatic carbocycles. The molecule has 0 saturated heterocycles. The maximum atomic E-state index is 12.7. The summed E-state index contributed by atoms with van der Waals surface area (Å²) in [4.78, 5) is 37.6. The molecule has 0 radical (unpaired) electrons. The highest BCUT2D eigenvalue weighted by Gasteiger charge is 2.21. The molecule has 0 aromatic carbocycles. The highest BCUT2D eigenvalue weighted by molar-refractivity contribution is 7.45. The van der Waals surface area contributed by atoms with Gasteiger partial charge in [-0.3, -0.25) is 14.2 Å². The molecule has 10 heteroatoms. The Bertz CT molecular complexity index is 1030. The summed E-state index contributed by atoms with van der Waals surface area (Å²) in [5.41, 5.74) is 0. The smallest absolute Gasteiger partial charge is 0.306 e. The second-order valence-corrected chi connectivity index (χ2v) is 18.5. The Morgan fingerprint density at radius 2 is 0.965 bits per heavy atom. The molecule has 0 heterocycles. The van der Waals surface area contributed by atoms with Crippen LogP contribution >= 0.6 is 7.82 Å². The van der Waals surface area contributed by atoms with Crippen molar-refractivity contribution in [3.63, 3.8) is 0 Å². The molecule has 57 heavy (non-hydrogen) atoms. The van der Waals surface area contributed by atoms with Crippen LogP contribution in [0.4, 0.5) is 0 Å². The van der Waals surface area contributed by atoms with Gasteiger partial charge < -0.3 is 27.9 Å². The summed E-state index contributed by atoms with van der Waals surface area (Å²) in [5, 5.41) is 0. The number of carbonyl (C=O) groups is 2. The number of hydrogen-bond donors (Lipinski definition) is 0. The highest BCUT2D eigenvalue weighted by atomic mass is 31.2. The molecule has 0 aromatic rings. The number of quaternary nitrogens is 1. The molecular formula is C47H90NO8P. The maximum absolute atomic E-state index is 12.7. The molecule has 0 rings (SSSR count). The lowest BCUT2D eigenvalue weighted by Gasteiger charge is -2.28. The van der Waals surface area contributed by atoms with Gasteiger partial charge in [0.25, 0.3) is 7.82 Å². The van der Waals surface area contributed by atoms with Gasteiger partial charge in [-0.15, -0.1) is 0 Å². The van der Waals surface area contributed by atoms with Crippen LogP contribution in [0.25, 0.3) is 0 Å². The van der Waals surface area contributed by atoms with E-state index >= 15 is 0 Å². The van der Waals surface area contributed by atoms with Crippen molar-refractivity contribution in [1.29, 1.82) is 0 Å². The third-order valence-electron chi connectivity index (χ3n) is 10.2. The minimum atomic E-state index is -4.63. The van der Waals surface area contributed by atoms with Gasteiger partial charge in [-0.1, -0.05) is 186 Å². The first-order valence-electron chi connectivity index (χ1n) is 23.5. The van der Waals surface area contributed by atoms with E-state index in [-0.39, 0.29) is 32.0 Å². The molecule has 0 saturated carbocycles. The third kappa shape index (κ3) is 43.9. The van der Waals surface area contributed by atoms with E-state index in [4.69, 9.17) is 18.5 Å². The summed E-state index contributed by atoms with van der Waals surface area (Å²) < 4.78 is 33.9. The zero-order chi connectivity index (χ0) is 42.1. The van der Waals surface area contributed by atoms with Crippen LogP contribution < -0.4 is 4.89 Å². The predicted octanol–water partition coefficient (Wildman–Crippen LogP) is 12.9. The topological polar surface area (TPSA) is 111 Å². The Balaban J connectivity index is 4.27. The molecule has 9 nitrogen and oxygen atoms in total. The molecule has 0 bridgehead atoms. The number of unbranched alkanes of at least 4 members (excludes halogenated alkanes) is 25. The lowest BCUT2D eigenvalue weighted by Crippen LogP contribution is -2.37. The van der Waals surface area contributed by atoms with Crippen molar-refractivity contribution in [3.8, 4) is 0 Å². The van der Waals surface area contributed by atoms with Crippen LogP contribution in [0.1, 0.15) is 213 Å². The number of rotatable bonds is 43. The number of likely N-dealkylation sites (N-methyl/N-ethyl adjacent to an activating group) is 1. The van der Waals surface area contributed by atoms with Crippen LogP contribution in [0, 0.1) is 0 Å². The van der Waals surface area contributed by atoms with Crippen molar-refractivity contribution < 1.29 is 42.1 Å². The van der Waals surface area contributed by atoms with E-state index in [9.17, 15) is 19.0 Å². The molecule has 0 aliphatic rings. The van der Waals surface area contributed by atoms with E-state index < -0.39 is 26.5 Å². The third-order valence-corrected chi connectivity index (χ3v) is 11.2. The lowest BCUT2D eigenvalue weighted by molar-refractivity contribution is -0.870. The summed E-state index contributed by atoms with van der Waals surface area (Å²) in [6.07, 6.45) is 43.5. The highest BCUT2D eigenvalue weighted by Crippen LogP contribution is 2.38. The number of nitrogens with zero attached hydrogens (tertiary/aromatic N) is 1. The number of phosphoric acid groups is 1. The number of carbonyl (C=O) groups excluding carboxylic acids is 2. The largest absolute Gasteiger partial charge is 0.756 e. The monoisotopic (exact) mass is 828 g/mol. The lowest BCUT2D eigenvalue weighted by atomic mass is 10.0. The molecule has 0 spiro atoms. The van der Waals surface area contributed by atoms with E-state index in [0.29, 0.717) is 17.4 Å². The Morgan fingerprint density at radius 1 is 0.544 bits per heavy atom. The molecule has 0 aliphatic heterocycles. The van der Waals surface area contributed by atoms with Gasteiger partial charge in [0.05, 0.1) is 27.7 Å². The van der Waals surface area contributed by atoms with E-state index in [1.54, 1.807) is 0 Å². The molecule has 0 N–H and O–H groups in total. The fraction of sp³-hybridized carbons (Fsp3) is 0.872. The normalized spacial score (nSPS) is 13.7. The van der Waals surface area contributed by atoms with Crippen molar-refractivity contribution >= 4 is 19.8 Å². The average Bonchev–Trinajstić information content (AvgIpc) is 3.16. The van der Waals surface area contributed by atoms with Gasteiger partial charge >= 0.3 is 11.9 Å². The summed E-state index contributed by atoms with van der Waals surface area (Å²) in [6, 6.07) is 0. The van der Waals surface area contributed by atoms with Gasteiger partial charge in [0, 0.05) is 12.8 Å². The van der Waals surface area contributed by atoms with Gasteiger partial charge in [0.15, 0.2) is 6.10 Å². The molecule has 0 amide bonds. The number of ether oxygens (including phenoxy) is 2. The fourth-order valence-corrected chi connectivity index (χ4v) is 7.22. The standard InChI is InChI=1S/C47H90NO8P/c1-6-8-10-12-14-16-18-20-22-23-24-25-26-28-29-31-33-35-37-39-46(49)53-43-45(44-55-57(51,52)54-42-41-48(3,4)5)56-47(50)40-38-36-34-32-30-27-21-19-17-15-13-11-9-7-2/h13,15,19,21,45H,6-12,14,16-18,20,22-44H2,1-5H3/b15-13+,21-19+/t45-/m0/s1. The molecule has 2 atom stereocenters. The number of phosphoric ester groups is 1. The Morgan fingerprint density at radius 3 is 1.44 bits per heavy atom. The minimum Gasteiger partial charge on any atom is -0.756 e. The zero-order valence-electron chi connectivity index (χ0n) is 37.8. The Hall–Kier alpha value is -1.51. The Kier molecular flexibility index (Phi) is 38.9. The van der Waals surface area contributed by atoms with Crippen molar-refractivity contribution in [2.75, 3.05) is 47.5 Å². The summed E-state index contributed by atoms with van der Waals surface area (Å²) in [6.45, 7) is 4.20. The van der Waals surface area contributed by atoms with Crippen molar-refractivity contribution in [2.45, 2.75) is 219 Å². The van der Waals surface area contributed by atoms with Crippen LogP contribution in [0.5, 0.6) is 0 Å². The first kappa shape index (κ1) is 55.5. The first-order chi connectivity index (χ1) is 27.5. The van der Waals surface area contributed by atoms with Crippen molar-refractivity contribution in [2.24, 2.45) is 0 Å². The predicted molar refractivity (Wildman–Crippen MR) is 236 cm³/mol. The van der Waals surface area contributed by atoms with Crippen LogP contribution in [0.15, 0.2) is 24.3 Å². The second kappa shape index (κ2) is 39.9. The van der Waals surface area contributed by atoms with Gasteiger partial charge in [-0.25, -0.2) is 0 Å². The van der Waals surface area contributed by atoms with Crippen LogP contribution in [-0.4, -0.2) is 70.0 Å². The van der Waals surface area contributed by atoms with Crippen LogP contribution in [0.3, 0.4) is 0 Å². The Labute approximate surface area is 351 Å². The number of allylic oxidation sites excluding steroid dienone is 4. The number of hydrogen-bond acceptors (Lipinski definition) is 8. The summed E-state index contributed by atoms with van der Waals surface area (Å²) in [5.74, 6) is -0.842.